The number of ether oxygens (including phenoxy) is 2. The van der Waals surface area contributed by atoms with Gasteiger partial charge in [0, 0.05) is 19.7 Å². The molecule has 8 heteroatoms. The third kappa shape index (κ3) is 4.65. The Bertz CT molecular complexity index is 803. The van der Waals surface area contributed by atoms with Crippen molar-refractivity contribution >= 4 is 11.9 Å². The minimum Gasteiger partial charge on any atom is -0.486 e. The van der Waals surface area contributed by atoms with Gasteiger partial charge < -0.3 is 23.9 Å². The summed E-state index contributed by atoms with van der Waals surface area (Å²) in [6.45, 7) is 0.396. The summed E-state index contributed by atoms with van der Waals surface area (Å²) in [4.78, 5) is 25.3. The van der Waals surface area contributed by atoms with Crippen molar-refractivity contribution in [2.24, 2.45) is 0 Å². The quantitative estimate of drug-likeness (QED) is 0.798. The fraction of sp³-hybridized carbons (Fsp3) is 0.368. The summed E-state index contributed by atoms with van der Waals surface area (Å²) < 4.78 is 29.2. The number of carbonyl (C=O) groups is 2. The van der Waals surface area contributed by atoms with Gasteiger partial charge in [0.25, 0.3) is 5.91 Å². The highest BCUT2D eigenvalue weighted by Gasteiger charge is 2.37. The molecular weight excluding hydrogens is 357 g/mol. The molecule has 2 atom stereocenters. The monoisotopic (exact) mass is 377 g/mol. The number of furan rings is 1. The van der Waals surface area contributed by atoms with Gasteiger partial charge in [-0.2, -0.15) is 0 Å². The van der Waals surface area contributed by atoms with Gasteiger partial charge >= 0.3 is 5.97 Å². The number of carboxylic acids is 1. The first-order chi connectivity index (χ1) is 13.0. The lowest BCUT2D eigenvalue weighted by Gasteiger charge is -2.21. The SMILES string of the molecule is COC1CC(CC(=O)O)N(C(=O)c2ccc(COc3ccc(F)cc3)o2)C1. The molecule has 7 nitrogen and oxygen atoms in total. The molecular formula is C19H20FNO6. The maximum atomic E-state index is 12.9. The number of likely N-dealkylation sites (tertiary alicyclic amines) is 1. The summed E-state index contributed by atoms with van der Waals surface area (Å²) in [5.74, 6) is -0.690. The van der Waals surface area contributed by atoms with Crippen molar-refractivity contribution in [3.63, 3.8) is 0 Å². The van der Waals surface area contributed by atoms with E-state index in [0.717, 1.165) is 0 Å². The first kappa shape index (κ1) is 18.9. The molecule has 1 amide bonds. The Labute approximate surface area is 155 Å². The Morgan fingerprint density at radius 2 is 2.00 bits per heavy atom. The molecule has 0 radical (unpaired) electrons. The maximum absolute atomic E-state index is 12.9. The fourth-order valence-electron chi connectivity index (χ4n) is 3.09. The van der Waals surface area contributed by atoms with Crippen LogP contribution in [0.1, 0.15) is 29.2 Å². The van der Waals surface area contributed by atoms with Crippen molar-refractivity contribution in [2.75, 3.05) is 13.7 Å². The Kier molecular flexibility index (Phi) is 5.75. The van der Waals surface area contributed by atoms with Crippen molar-refractivity contribution in [3.05, 3.63) is 53.7 Å². The summed E-state index contributed by atoms with van der Waals surface area (Å²) in [6, 6.07) is 8.27. The average molecular weight is 377 g/mol. The number of rotatable bonds is 7. The van der Waals surface area contributed by atoms with Gasteiger partial charge in [0.1, 0.15) is 23.9 Å². The largest absolute Gasteiger partial charge is 0.486 e. The second kappa shape index (κ2) is 8.22. The fourth-order valence-corrected chi connectivity index (χ4v) is 3.09. The van der Waals surface area contributed by atoms with E-state index in [2.05, 4.69) is 0 Å². The number of hydrogen-bond acceptors (Lipinski definition) is 5. The van der Waals surface area contributed by atoms with Crippen molar-refractivity contribution in [2.45, 2.75) is 31.6 Å². The number of methoxy groups -OCH3 is 1. The van der Waals surface area contributed by atoms with E-state index in [4.69, 9.17) is 19.0 Å². The van der Waals surface area contributed by atoms with Gasteiger partial charge in [-0.1, -0.05) is 0 Å². The Hall–Kier alpha value is -2.87. The summed E-state index contributed by atoms with van der Waals surface area (Å²) in [5, 5.41) is 9.06. The number of amides is 1. The molecule has 1 aliphatic heterocycles. The molecule has 1 fully saturated rings. The van der Waals surface area contributed by atoms with Crippen LogP contribution in [0.3, 0.4) is 0 Å². The van der Waals surface area contributed by atoms with Gasteiger partial charge in [-0.15, -0.1) is 0 Å². The number of aliphatic carboxylic acids is 1. The highest BCUT2D eigenvalue weighted by Crippen LogP contribution is 2.25. The van der Waals surface area contributed by atoms with Crippen molar-refractivity contribution < 1.29 is 33.0 Å². The van der Waals surface area contributed by atoms with Crippen LogP contribution < -0.4 is 4.74 Å². The first-order valence-electron chi connectivity index (χ1n) is 8.49. The molecule has 0 bridgehead atoms. The van der Waals surface area contributed by atoms with Crippen LogP contribution in [0.2, 0.25) is 0 Å². The molecule has 2 unspecified atom stereocenters. The van der Waals surface area contributed by atoms with E-state index in [0.29, 0.717) is 24.5 Å². The lowest BCUT2D eigenvalue weighted by Crippen LogP contribution is -2.37. The number of hydrogen-bond donors (Lipinski definition) is 1. The van der Waals surface area contributed by atoms with Crippen molar-refractivity contribution in [1.82, 2.24) is 4.90 Å². The molecule has 0 saturated carbocycles. The van der Waals surface area contributed by atoms with Crippen LogP contribution in [0.25, 0.3) is 0 Å². The Balaban J connectivity index is 1.64. The van der Waals surface area contributed by atoms with E-state index in [9.17, 15) is 14.0 Å². The zero-order valence-corrected chi connectivity index (χ0v) is 14.8. The van der Waals surface area contributed by atoms with Gasteiger partial charge in [0.05, 0.1) is 12.5 Å². The number of carbonyl (C=O) groups excluding carboxylic acids is 1. The van der Waals surface area contributed by atoms with Crippen molar-refractivity contribution in [3.8, 4) is 5.75 Å². The number of nitrogens with zero attached hydrogens (tertiary/aromatic N) is 1. The zero-order chi connectivity index (χ0) is 19.4. The topological polar surface area (TPSA) is 89.2 Å². The van der Waals surface area contributed by atoms with Crippen LogP contribution >= 0.6 is 0 Å². The summed E-state index contributed by atoms with van der Waals surface area (Å²) in [6.07, 6.45) is 0.123. The van der Waals surface area contributed by atoms with E-state index in [1.54, 1.807) is 6.07 Å². The normalized spacial score (nSPS) is 19.3. The average Bonchev–Trinajstić information content (AvgIpc) is 3.27. The van der Waals surface area contributed by atoms with E-state index >= 15 is 0 Å². The molecule has 2 heterocycles. The number of carboxylic acid groups (broad SMARTS) is 1. The van der Waals surface area contributed by atoms with Crippen LogP contribution in [0.5, 0.6) is 5.75 Å². The van der Waals surface area contributed by atoms with Crippen LogP contribution in [-0.2, 0) is 16.1 Å². The molecule has 2 aromatic rings. The smallest absolute Gasteiger partial charge is 0.305 e. The highest BCUT2D eigenvalue weighted by atomic mass is 19.1. The van der Waals surface area contributed by atoms with E-state index in [1.165, 1.54) is 42.3 Å². The Morgan fingerprint density at radius 3 is 2.67 bits per heavy atom. The minimum absolute atomic E-state index is 0.0815. The minimum atomic E-state index is -0.970. The highest BCUT2D eigenvalue weighted by molar-refractivity contribution is 5.92. The zero-order valence-electron chi connectivity index (χ0n) is 14.8. The molecule has 1 aromatic heterocycles. The standard InChI is InChI=1S/C19H20FNO6/c1-25-16-8-13(9-18(22)23)21(10-16)19(24)17-7-6-15(27-17)11-26-14-4-2-12(20)3-5-14/h2-7,13,16H,8-11H2,1H3,(H,22,23). The van der Waals surface area contributed by atoms with Crippen LogP contribution in [0.4, 0.5) is 4.39 Å². The van der Waals surface area contributed by atoms with Gasteiger partial charge in [-0.3, -0.25) is 9.59 Å². The molecule has 27 heavy (non-hydrogen) atoms. The van der Waals surface area contributed by atoms with Gasteiger partial charge in [0.15, 0.2) is 5.76 Å². The lowest BCUT2D eigenvalue weighted by atomic mass is 10.1. The molecule has 1 aliphatic rings. The van der Waals surface area contributed by atoms with Crippen LogP contribution in [0, 0.1) is 5.82 Å². The molecule has 3 rings (SSSR count). The van der Waals surface area contributed by atoms with Crippen LogP contribution in [0.15, 0.2) is 40.8 Å². The van der Waals surface area contributed by atoms with Gasteiger partial charge in [-0.25, -0.2) is 4.39 Å². The number of benzene rings is 1. The molecule has 1 aromatic carbocycles. The molecule has 1 N–H and O–H groups in total. The second-order valence-electron chi connectivity index (χ2n) is 6.31. The van der Waals surface area contributed by atoms with Gasteiger partial charge in [0.2, 0.25) is 0 Å². The second-order valence-corrected chi connectivity index (χ2v) is 6.31. The summed E-state index contributed by atoms with van der Waals surface area (Å²) in [7, 11) is 1.54. The molecule has 1 saturated heterocycles. The predicted octanol–water partition coefficient (Wildman–Crippen LogP) is 2.70. The maximum Gasteiger partial charge on any atom is 0.305 e. The van der Waals surface area contributed by atoms with Crippen molar-refractivity contribution in [1.29, 1.82) is 0 Å². The first-order valence-corrected chi connectivity index (χ1v) is 8.49. The van der Waals surface area contributed by atoms with E-state index < -0.39 is 12.0 Å². The summed E-state index contributed by atoms with van der Waals surface area (Å²) in [5.41, 5.74) is 0. The Morgan fingerprint density at radius 1 is 1.26 bits per heavy atom. The van der Waals surface area contributed by atoms with E-state index in [1.807, 2.05) is 0 Å². The summed E-state index contributed by atoms with van der Waals surface area (Å²) >= 11 is 0. The van der Waals surface area contributed by atoms with E-state index in [-0.39, 0.29) is 36.6 Å². The molecule has 144 valence electrons. The third-order valence-corrected chi connectivity index (χ3v) is 4.45. The van der Waals surface area contributed by atoms with Gasteiger partial charge in [-0.05, 0) is 42.8 Å². The third-order valence-electron chi connectivity index (χ3n) is 4.45. The molecule has 0 aliphatic carbocycles. The molecule has 0 spiro atoms. The predicted molar refractivity (Wildman–Crippen MR) is 91.9 cm³/mol. The van der Waals surface area contributed by atoms with Crippen LogP contribution in [-0.4, -0.2) is 47.7 Å². The lowest BCUT2D eigenvalue weighted by molar-refractivity contribution is -0.138. The number of halogens is 1.